The van der Waals surface area contributed by atoms with Gasteiger partial charge in [-0.25, -0.2) is 4.39 Å². The number of benzene rings is 1. The SMILES string of the molecule is C[C@H]1CN(CC(=O)c2ccc(F)cc2)CCN1C(=O)c1nn(C)cc1Cl.Cl. The first-order valence-corrected chi connectivity index (χ1v) is 8.74. The van der Waals surface area contributed by atoms with Crippen molar-refractivity contribution in [2.45, 2.75) is 13.0 Å². The van der Waals surface area contributed by atoms with E-state index in [-0.39, 0.29) is 48.2 Å². The lowest BCUT2D eigenvalue weighted by Gasteiger charge is -2.39. The van der Waals surface area contributed by atoms with Crippen LogP contribution in [0.15, 0.2) is 30.5 Å². The molecule has 0 saturated carbocycles. The molecule has 0 N–H and O–H groups in total. The predicted molar refractivity (Wildman–Crippen MR) is 103 cm³/mol. The maximum absolute atomic E-state index is 13.0. The highest BCUT2D eigenvalue weighted by atomic mass is 35.5. The van der Waals surface area contributed by atoms with Gasteiger partial charge in [0.15, 0.2) is 11.5 Å². The minimum absolute atomic E-state index is 0. The van der Waals surface area contributed by atoms with E-state index in [4.69, 9.17) is 11.6 Å². The molecular weight excluding hydrogens is 394 g/mol. The quantitative estimate of drug-likeness (QED) is 0.721. The molecule has 1 aliphatic rings. The maximum Gasteiger partial charge on any atom is 0.276 e. The van der Waals surface area contributed by atoms with E-state index < -0.39 is 0 Å². The molecule has 6 nitrogen and oxygen atoms in total. The molecule has 1 aromatic carbocycles. The molecular formula is C18H21Cl2FN4O2. The second-order valence-electron chi connectivity index (χ2n) is 6.51. The van der Waals surface area contributed by atoms with Crippen molar-refractivity contribution < 1.29 is 14.0 Å². The van der Waals surface area contributed by atoms with E-state index >= 15 is 0 Å². The summed E-state index contributed by atoms with van der Waals surface area (Å²) in [7, 11) is 1.71. The molecule has 9 heteroatoms. The molecule has 1 atom stereocenters. The van der Waals surface area contributed by atoms with Crippen LogP contribution in [0.5, 0.6) is 0 Å². The fourth-order valence-corrected chi connectivity index (χ4v) is 3.41. The number of aryl methyl sites for hydroxylation is 1. The molecule has 27 heavy (non-hydrogen) atoms. The van der Waals surface area contributed by atoms with Crippen LogP contribution in [0.2, 0.25) is 5.02 Å². The van der Waals surface area contributed by atoms with E-state index in [0.717, 1.165) is 0 Å². The van der Waals surface area contributed by atoms with E-state index in [1.165, 1.54) is 28.9 Å². The number of carbonyl (C=O) groups is 2. The summed E-state index contributed by atoms with van der Waals surface area (Å²) < 4.78 is 14.5. The zero-order valence-corrected chi connectivity index (χ0v) is 16.6. The monoisotopic (exact) mass is 414 g/mol. The van der Waals surface area contributed by atoms with Gasteiger partial charge in [0.25, 0.3) is 5.91 Å². The Bertz CT molecular complexity index is 825. The van der Waals surface area contributed by atoms with Crippen LogP contribution in [-0.2, 0) is 7.05 Å². The van der Waals surface area contributed by atoms with Gasteiger partial charge < -0.3 is 4.90 Å². The summed E-state index contributed by atoms with van der Waals surface area (Å²) in [5, 5.41) is 4.46. The van der Waals surface area contributed by atoms with Gasteiger partial charge in [-0.15, -0.1) is 12.4 Å². The van der Waals surface area contributed by atoms with Crippen molar-refractivity contribution in [1.29, 1.82) is 0 Å². The molecule has 2 heterocycles. The molecule has 0 unspecified atom stereocenters. The number of halogens is 3. The molecule has 0 radical (unpaired) electrons. The van der Waals surface area contributed by atoms with Crippen molar-refractivity contribution in [2.24, 2.45) is 7.05 Å². The molecule has 1 amide bonds. The molecule has 146 valence electrons. The average Bonchev–Trinajstić information content (AvgIpc) is 2.93. The Morgan fingerprint density at radius 3 is 2.48 bits per heavy atom. The van der Waals surface area contributed by atoms with E-state index in [2.05, 4.69) is 5.10 Å². The van der Waals surface area contributed by atoms with Crippen molar-refractivity contribution in [3.05, 3.63) is 52.6 Å². The van der Waals surface area contributed by atoms with E-state index in [0.29, 0.717) is 30.2 Å². The van der Waals surface area contributed by atoms with E-state index in [1.807, 2.05) is 11.8 Å². The number of Topliss-reactive ketones (excluding diaryl/α,β-unsaturated/α-hetero) is 1. The van der Waals surface area contributed by atoms with Crippen LogP contribution in [0, 0.1) is 5.82 Å². The zero-order valence-electron chi connectivity index (χ0n) is 15.1. The van der Waals surface area contributed by atoms with Crippen LogP contribution >= 0.6 is 24.0 Å². The number of rotatable bonds is 4. The Labute approximate surface area is 168 Å². The Kier molecular flexibility index (Phi) is 6.97. The largest absolute Gasteiger partial charge is 0.332 e. The summed E-state index contributed by atoms with van der Waals surface area (Å²) >= 11 is 6.07. The smallest absolute Gasteiger partial charge is 0.276 e. The normalized spacial score (nSPS) is 17.5. The summed E-state index contributed by atoms with van der Waals surface area (Å²) in [6, 6.07) is 5.47. The molecule has 2 aromatic rings. The van der Waals surface area contributed by atoms with Crippen molar-refractivity contribution >= 4 is 35.7 Å². The summed E-state index contributed by atoms with van der Waals surface area (Å²) in [5.74, 6) is -0.632. The standard InChI is InChI=1S/C18H20ClFN4O2.ClH/c1-12-9-23(11-16(25)13-3-5-14(20)6-4-13)7-8-24(12)18(26)17-15(19)10-22(2)21-17;/h3-6,10,12H,7-9,11H2,1-2H3;1H/t12-;/m0./s1. The van der Waals surface area contributed by atoms with Crippen LogP contribution in [0.3, 0.4) is 0 Å². The Morgan fingerprint density at radius 1 is 1.26 bits per heavy atom. The maximum atomic E-state index is 13.0. The van der Waals surface area contributed by atoms with Crippen molar-refractivity contribution in [1.82, 2.24) is 19.6 Å². The number of piperazine rings is 1. The average molecular weight is 415 g/mol. The molecule has 0 spiro atoms. The fraction of sp³-hybridized carbons (Fsp3) is 0.389. The minimum atomic E-state index is -0.365. The van der Waals surface area contributed by atoms with Crippen molar-refractivity contribution in [3.63, 3.8) is 0 Å². The highest BCUT2D eigenvalue weighted by Crippen LogP contribution is 2.19. The van der Waals surface area contributed by atoms with Gasteiger partial charge in [0.2, 0.25) is 0 Å². The summed E-state index contributed by atoms with van der Waals surface area (Å²) in [4.78, 5) is 28.7. The van der Waals surface area contributed by atoms with Gasteiger partial charge in [-0.3, -0.25) is 19.2 Å². The molecule has 1 saturated heterocycles. The Hall–Kier alpha value is -1.96. The summed E-state index contributed by atoms with van der Waals surface area (Å²) in [6.07, 6.45) is 1.59. The Morgan fingerprint density at radius 2 is 1.93 bits per heavy atom. The first-order chi connectivity index (χ1) is 12.3. The molecule has 0 aliphatic carbocycles. The number of hydrogen-bond donors (Lipinski definition) is 0. The van der Waals surface area contributed by atoms with Gasteiger partial charge in [0, 0.05) is 44.5 Å². The number of aromatic nitrogens is 2. The minimum Gasteiger partial charge on any atom is -0.332 e. The lowest BCUT2D eigenvalue weighted by molar-refractivity contribution is 0.0477. The number of nitrogens with zero attached hydrogens (tertiary/aromatic N) is 4. The molecule has 1 aromatic heterocycles. The van der Waals surface area contributed by atoms with Gasteiger partial charge in [-0.2, -0.15) is 5.10 Å². The van der Waals surface area contributed by atoms with Gasteiger partial charge in [-0.05, 0) is 31.2 Å². The number of ketones is 1. The van der Waals surface area contributed by atoms with Crippen LogP contribution < -0.4 is 0 Å². The van der Waals surface area contributed by atoms with Crippen LogP contribution in [0.25, 0.3) is 0 Å². The van der Waals surface area contributed by atoms with Crippen LogP contribution in [-0.4, -0.2) is 63.5 Å². The molecule has 0 bridgehead atoms. The van der Waals surface area contributed by atoms with E-state index in [9.17, 15) is 14.0 Å². The van der Waals surface area contributed by atoms with Gasteiger partial charge in [-0.1, -0.05) is 11.6 Å². The first-order valence-electron chi connectivity index (χ1n) is 8.36. The third-order valence-electron chi connectivity index (χ3n) is 4.49. The second kappa shape index (κ2) is 8.82. The van der Waals surface area contributed by atoms with Gasteiger partial charge in [0.1, 0.15) is 5.82 Å². The van der Waals surface area contributed by atoms with Crippen molar-refractivity contribution in [3.8, 4) is 0 Å². The van der Waals surface area contributed by atoms with Crippen LogP contribution in [0.4, 0.5) is 4.39 Å². The molecule has 1 fully saturated rings. The summed E-state index contributed by atoms with van der Waals surface area (Å²) in [6.45, 7) is 3.81. The predicted octanol–water partition coefficient (Wildman–Crippen LogP) is 2.66. The third-order valence-corrected chi connectivity index (χ3v) is 4.77. The fourth-order valence-electron chi connectivity index (χ4n) is 3.15. The van der Waals surface area contributed by atoms with Gasteiger partial charge in [0.05, 0.1) is 11.6 Å². The third kappa shape index (κ3) is 4.86. The lowest BCUT2D eigenvalue weighted by atomic mass is 10.1. The topological polar surface area (TPSA) is 58.4 Å². The molecule has 1 aliphatic heterocycles. The second-order valence-corrected chi connectivity index (χ2v) is 6.92. The molecule has 3 rings (SSSR count). The first kappa shape index (κ1) is 21.3. The Balaban J connectivity index is 0.00000261. The zero-order chi connectivity index (χ0) is 18.8. The van der Waals surface area contributed by atoms with Crippen LogP contribution in [0.1, 0.15) is 27.8 Å². The number of hydrogen-bond acceptors (Lipinski definition) is 4. The highest BCUT2D eigenvalue weighted by Gasteiger charge is 2.31. The van der Waals surface area contributed by atoms with Gasteiger partial charge >= 0.3 is 0 Å². The number of amides is 1. The summed E-state index contributed by atoms with van der Waals surface area (Å²) in [5.41, 5.74) is 0.731. The highest BCUT2D eigenvalue weighted by molar-refractivity contribution is 6.33. The van der Waals surface area contributed by atoms with E-state index in [1.54, 1.807) is 18.1 Å². The van der Waals surface area contributed by atoms with Crippen molar-refractivity contribution in [2.75, 3.05) is 26.2 Å². The lowest BCUT2D eigenvalue weighted by Crippen LogP contribution is -2.55. The number of carbonyl (C=O) groups excluding carboxylic acids is 2.